The highest BCUT2D eigenvalue weighted by Crippen LogP contribution is 2.27. The third-order valence-electron chi connectivity index (χ3n) is 3.66. The van der Waals surface area contributed by atoms with Gasteiger partial charge in [-0.2, -0.15) is 0 Å². The first-order valence-electron chi connectivity index (χ1n) is 7.45. The summed E-state index contributed by atoms with van der Waals surface area (Å²) in [4.78, 5) is 22.7. The van der Waals surface area contributed by atoms with Crippen LogP contribution in [0.25, 0.3) is 11.1 Å². The van der Waals surface area contributed by atoms with E-state index in [1.165, 1.54) is 18.2 Å². The summed E-state index contributed by atoms with van der Waals surface area (Å²) in [6, 6.07) is 20.8. The van der Waals surface area contributed by atoms with Crippen molar-refractivity contribution in [2.45, 2.75) is 0 Å². The van der Waals surface area contributed by atoms with Gasteiger partial charge in [0.25, 0.3) is 11.6 Å². The van der Waals surface area contributed by atoms with E-state index in [-0.39, 0.29) is 22.3 Å². The van der Waals surface area contributed by atoms with Crippen molar-refractivity contribution < 1.29 is 9.72 Å². The molecular formula is C19H13ClN2O3. The minimum Gasteiger partial charge on any atom is -0.320 e. The molecule has 0 aromatic heterocycles. The van der Waals surface area contributed by atoms with Crippen molar-refractivity contribution in [3.63, 3.8) is 0 Å². The van der Waals surface area contributed by atoms with Gasteiger partial charge in [0.2, 0.25) is 0 Å². The zero-order valence-electron chi connectivity index (χ0n) is 13.0. The van der Waals surface area contributed by atoms with Gasteiger partial charge in [-0.15, -0.1) is 0 Å². The van der Waals surface area contributed by atoms with Gasteiger partial charge in [0.05, 0.1) is 15.6 Å². The Morgan fingerprint density at radius 2 is 1.56 bits per heavy atom. The Kier molecular flexibility index (Phi) is 4.77. The Morgan fingerprint density at radius 3 is 2.20 bits per heavy atom. The van der Waals surface area contributed by atoms with Gasteiger partial charge in [0.15, 0.2) is 0 Å². The molecule has 0 fully saturated rings. The molecule has 3 rings (SSSR count). The molecule has 6 heteroatoms. The van der Waals surface area contributed by atoms with Crippen LogP contribution in [0.4, 0.5) is 11.4 Å². The summed E-state index contributed by atoms with van der Waals surface area (Å²) >= 11 is 6.00. The molecule has 1 N–H and O–H groups in total. The van der Waals surface area contributed by atoms with Gasteiger partial charge >= 0.3 is 0 Å². The molecule has 25 heavy (non-hydrogen) atoms. The highest BCUT2D eigenvalue weighted by atomic mass is 35.5. The molecule has 0 atom stereocenters. The van der Waals surface area contributed by atoms with Gasteiger partial charge in [0, 0.05) is 17.7 Å². The number of rotatable bonds is 4. The highest BCUT2D eigenvalue weighted by Gasteiger charge is 2.13. The van der Waals surface area contributed by atoms with Crippen LogP contribution < -0.4 is 5.32 Å². The number of halogens is 1. The third kappa shape index (κ3) is 3.84. The molecule has 3 aromatic rings. The summed E-state index contributed by atoms with van der Waals surface area (Å²) in [5.41, 5.74) is 2.54. The van der Waals surface area contributed by atoms with Crippen LogP contribution in [0.15, 0.2) is 72.8 Å². The van der Waals surface area contributed by atoms with Crippen LogP contribution in [0, 0.1) is 10.1 Å². The summed E-state index contributed by atoms with van der Waals surface area (Å²) < 4.78 is 0. The van der Waals surface area contributed by atoms with Gasteiger partial charge in [-0.25, -0.2) is 0 Å². The van der Waals surface area contributed by atoms with Gasteiger partial charge in [0.1, 0.15) is 0 Å². The average Bonchev–Trinajstić information content (AvgIpc) is 2.64. The summed E-state index contributed by atoms with van der Waals surface area (Å²) in [6.45, 7) is 0. The summed E-state index contributed by atoms with van der Waals surface area (Å²) in [6.07, 6.45) is 0. The second-order valence-corrected chi connectivity index (χ2v) is 5.73. The monoisotopic (exact) mass is 352 g/mol. The largest absolute Gasteiger partial charge is 0.320 e. The van der Waals surface area contributed by atoms with Crippen LogP contribution in [0.3, 0.4) is 0 Å². The maximum atomic E-state index is 12.4. The predicted molar refractivity (Wildman–Crippen MR) is 97.9 cm³/mol. The van der Waals surface area contributed by atoms with Crippen molar-refractivity contribution in [2.75, 3.05) is 5.32 Å². The minimum atomic E-state index is -0.541. The van der Waals surface area contributed by atoms with Crippen LogP contribution in [-0.2, 0) is 0 Å². The first kappa shape index (κ1) is 16.7. The summed E-state index contributed by atoms with van der Waals surface area (Å²) in [7, 11) is 0. The molecule has 0 unspecified atom stereocenters. The van der Waals surface area contributed by atoms with E-state index in [1.807, 2.05) is 42.5 Å². The van der Waals surface area contributed by atoms with Crippen LogP contribution in [0.2, 0.25) is 5.02 Å². The molecule has 0 aliphatic rings. The SMILES string of the molecule is O=C(Nc1cc([N+](=O)[O-])ccc1Cl)c1ccc(-c2ccccc2)cc1. The number of nitrogens with one attached hydrogen (secondary N) is 1. The number of carbonyl (C=O) groups excluding carboxylic acids is 1. The van der Waals surface area contributed by atoms with Crippen molar-refractivity contribution >= 4 is 28.9 Å². The topological polar surface area (TPSA) is 72.2 Å². The molecule has 0 saturated carbocycles. The number of nitro benzene ring substituents is 1. The van der Waals surface area contributed by atoms with Gasteiger partial charge in [-0.1, -0.05) is 54.1 Å². The lowest BCUT2D eigenvalue weighted by atomic mass is 10.0. The van der Waals surface area contributed by atoms with Gasteiger partial charge in [-0.05, 0) is 29.3 Å². The molecule has 0 bridgehead atoms. The fourth-order valence-corrected chi connectivity index (χ4v) is 2.53. The summed E-state index contributed by atoms with van der Waals surface area (Å²) in [5.74, 6) is -0.387. The molecule has 0 saturated heterocycles. The van der Waals surface area contributed by atoms with E-state index in [1.54, 1.807) is 12.1 Å². The molecule has 0 aliphatic heterocycles. The van der Waals surface area contributed by atoms with Crippen LogP contribution in [0.5, 0.6) is 0 Å². The number of nitro groups is 1. The first-order valence-corrected chi connectivity index (χ1v) is 7.83. The van der Waals surface area contributed by atoms with Crippen molar-refractivity contribution in [2.24, 2.45) is 0 Å². The first-order chi connectivity index (χ1) is 12.0. The Balaban J connectivity index is 1.80. The summed E-state index contributed by atoms with van der Waals surface area (Å²) in [5, 5.41) is 13.7. The normalized spacial score (nSPS) is 10.3. The smallest absolute Gasteiger partial charge is 0.271 e. The van der Waals surface area contributed by atoms with E-state index in [4.69, 9.17) is 11.6 Å². The Bertz CT molecular complexity index is 925. The maximum Gasteiger partial charge on any atom is 0.271 e. The van der Waals surface area contributed by atoms with Crippen LogP contribution in [0.1, 0.15) is 10.4 Å². The minimum absolute atomic E-state index is 0.140. The quantitative estimate of drug-likeness (QED) is 0.520. The third-order valence-corrected chi connectivity index (χ3v) is 3.99. The maximum absolute atomic E-state index is 12.4. The molecule has 1 amide bonds. The lowest BCUT2D eigenvalue weighted by Crippen LogP contribution is -2.12. The average molecular weight is 353 g/mol. The Morgan fingerprint density at radius 1 is 0.920 bits per heavy atom. The van der Waals surface area contributed by atoms with E-state index in [0.29, 0.717) is 5.56 Å². The van der Waals surface area contributed by atoms with E-state index >= 15 is 0 Å². The van der Waals surface area contributed by atoms with Crippen molar-refractivity contribution in [3.8, 4) is 11.1 Å². The van der Waals surface area contributed by atoms with E-state index < -0.39 is 4.92 Å². The molecule has 0 aliphatic carbocycles. The molecule has 0 spiro atoms. The number of hydrogen-bond donors (Lipinski definition) is 1. The van der Waals surface area contributed by atoms with Gasteiger partial charge in [-0.3, -0.25) is 14.9 Å². The lowest BCUT2D eigenvalue weighted by Gasteiger charge is -2.08. The van der Waals surface area contributed by atoms with Crippen molar-refractivity contribution in [1.29, 1.82) is 0 Å². The molecule has 3 aromatic carbocycles. The number of amides is 1. The molecule has 0 radical (unpaired) electrons. The molecule has 0 heterocycles. The fraction of sp³-hybridized carbons (Fsp3) is 0. The lowest BCUT2D eigenvalue weighted by molar-refractivity contribution is -0.384. The Hall–Kier alpha value is -3.18. The van der Waals surface area contributed by atoms with E-state index in [9.17, 15) is 14.9 Å². The number of nitrogens with zero attached hydrogens (tertiary/aromatic N) is 1. The number of benzene rings is 3. The number of non-ortho nitro benzene ring substituents is 1. The zero-order chi connectivity index (χ0) is 17.8. The standard InChI is InChI=1S/C19H13ClN2O3/c20-17-11-10-16(22(24)25)12-18(17)21-19(23)15-8-6-14(7-9-15)13-4-2-1-3-5-13/h1-12H,(H,21,23). The van der Waals surface area contributed by atoms with Crippen molar-refractivity contribution in [3.05, 3.63) is 93.5 Å². The van der Waals surface area contributed by atoms with Gasteiger partial charge < -0.3 is 5.32 Å². The second kappa shape index (κ2) is 7.15. The second-order valence-electron chi connectivity index (χ2n) is 5.32. The molecular weight excluding hydrogens is 340 g/mol. The highest BCUT2D eigenvalue weighted by molar-refractivity contribution is 6.34. The van der Waals surface area contributed by atoms with E-state index in [0.717, 1.165) is 11.1 Å². The number of carbonyl (C=O) groups is 1. The molecule has 5 nitrogen and oxygen atoms in total. The van der Waals surface area contributed by atoms with Crippen molar-refractivity contribution in [1.82, 2.24) is 0 Å². The number of hydrogen-bond acceptors (Lipinski definition) is 3. The fourth-order valence-electron chi connectivity index (χ4n) is 2.36. The number of anilines is 1. The van der Waals surface area contributed by atoms with E-state index in [2.05, 4.69) is 5.32 Å². The van der Waals surface area contributed by atoms with Crippen LogP contribution >= 0.6 is 11.6 Å². The molecule has 124 valence electrons. The van der Waals surface area contributed by atoms with Crippen LogP contribution in [-0.4, -0.2) is 10.8 Å². The Labute approximate surface area is 149 Å². The zero-order valence-corrected chi connectivity index (χ0v) is 13.7. The predicted octanol–water partition coefficient (Wildman–Crippen LogP) is 5.17.